The van der Waals surface area contributed by atoms with Gasteiger partial charge in [0.2, 0.25) is 11.9 Å². The van der Waals surface area contributed by atoms with Crippen molar-refractivity contribution in [3.05, 3.63) is 52.9 Å². The first-order valence-electron chi connectivity index (χ1n) is 8.93. The molecule has 0 bridgehead atoms. The van der Waals surface area contributed by atoms with Crippen molar-refractivity contribution >= 4 is 12.1 Å². The molecule has 0 radical (unpaired) electrons. The van der Waals surface area contributed by atoms with Crippen LogP contribution in [-0.2, 0) is 18.4 Å². The van der Waals surface area contributed by atoms with Gasteiger partial charge in [0.05, 0.1) is 23.4 Å². The Morgan fingerprint density at radius 1 is 1.37 bits per heavy atom. The minimum atomic E-state index is -0.492. The van der Waals surface area contributed by atoms with E-state index in [0.717, 1.165) is 29.6 Å². The molecular formula is C19H23F2N5O. The lowest BCUT2D eigenvalue weighted by molar-refractivity contribution is -0.126. The molecule has 0 unspecified atom stereocenters. The zero-order chi connectivity index (χ0) is 19.4. The molecule has 144 valence electrons. The summed E-state index contributed by atoms with van der Waals surface area (Å²) in [7, 11) is 1.51. The lowest BCUT2D eigenvalue weighted by atomic mass is 9.97. The Balaban J connectivity index is 1.55. The number of nitrogens with zero attached hydrogens (tertiary/aromatic N) is 4. The van der Waals surface area contributed by atoms with Gasteiger partial charge in [-0.25, -0.2) is 14.5 Å². The van der Waals surface area contributed by atoms with Crippen LogP contribution in [-0.4, -0.2) is 39.9 Å². The molecule has 27 heavy (non-hydrogen) atoms. The van der Waals surface area contributed by atoms with Crippen LogP contribution in [0, 0.1) is 24.6 Å². The third kappa shape index (κ3) is 4.77. The van der Waals surface area contributed by atoms with Gasteiger partial charge < -0.3 is 0 Å². The van der Waals surface area contributed by atoms with Crippen molar-refractivity contribution in [3.8, 4) is 0 Å². The molecule has 1 aromatic carbocycles. The molecule has 1 atom stereocenters. The Morgan fingerprint density at radius 2 is 2.11 bits per heavy atom. The number of likely N-dealkylation sites (tertiary alicyclic amines) is 1. The van der Waals surface area contributed by atoms with Crippen molar-refractivity contribution in [2.24, 2.45) is 18.1 Å². The second-order valence-electron chi connectivity index (χ2n) is 6.85. The monoisotopic (exact) mass is 375 g/mol. The standard InChI is InChI=1S/C19H23F2N5O/c1-13-17(18(21)25(2)24-13)10-22-23-19(27)15-4-3-9-26(12-15)11-14-5-7-16(20)8-6-14/h5-8,10,15H,3-4,9,11-12H2,1-2H3,(H,23,27)/b22-10-/t15-/m1/s1. The highest BCUT2D eigenvalue weighted by Gasteiger charge is 2.25. The first kappa shape index (κ1) is 19.2. The number of aromatic nitrogens is 2. The van der Waals surface area contributed by atoms with Crippen molar-refractivity contribution in [2.75, 3.05) is 13.1 Å². The topological polar surface area (TPSA) is 62.5 Å². The average molecular weight is 375 g/mol. The number of hydrazone groups is 1. The first-order valence-corrected chi connectivity index (χ1v) is 8.93. The van der Waals surface area contributed by atoms with Crippen LogP contribution in [0.15, 0.2) is 29.4 Å². The molecule has 1 aliphatic heterocycles. The molecule has 3 rings (SSSR count). The highest BCUT2D eigenvalue weighted by Crippen LogP contribution is 2.19. The number of piperidine rings is 1. The molecule has 8 heteroatoms. The number of carbonyl (C=O) groups is 1. The minimum absolute atomic E-state index is 0.183. The van der Waals surface area contributed by atoms with E-state index in [1.54, 1.807) is 19.1 Å². The maximum atomic E-state index is 13.9. The van der Waals surface area contributed by atoms with Crippen LogP contribution in [0.1, 0.15) is 29.7 Å². The number of halogens is 2. The smallest absolute Gasteiger partial charge is 0.244 e. The van der Waals surface area contributed by atoms with Crippen molar-refractivity contribution in [1.29, 1.82) is 0 Å². The summed E-state index contributed by atoms with van der Waals surface area (Å²) in [6, 6.07) is 6.40. The number of hydrogen-bond acceptors (Lipinski definition) is 4. The highest BCUT2D eigenvalue weighted by molar-refractivity contribution is 5.84. The fourth-order valence-electron chi connectivity index (χ4n) is 3.31. The van der Waals surface area contributed by atoms with Gasteiger partial charge in [0.25, 0.3) is 0 Å². The van der Waals surface area contributed by atoms with E-state index in [4.69, 9.17) is 0 Å². The molecule has 1 saturated heterocycles. The molecule has 1 fully saturated rings. The summed E-state index contributed by atoms with van der Waals surface area (Å²) in [5.41, 5.74) is 4.29. The van der Waals surface area contributed by atoms with Gasteiger partial charge in [0.1, 0.15) is 5.82 Å². The Morgan fingerprint density at radius 3 is 2.78 bits per heavy atom. The summed E-state index contributed by atoms with van der Waals surface area (Å²) in [5, 5.41) is 7.85. The Hall–Kier alpha value is -2.61. The molecule has 0 saturated carbocycles. The van der Waals surface area contributed by atoms with Crippen LogP contribution in [0.5, 0.6) is 0 Å². The van der Waals surface area contributed by atoms with E-state index in [2.05, 4.69) is 20.5 Å². The lowest BCUT2D eigenvalue weighted by Gasteiger charge is -2.31. The van der Waals surface area contributed by atoms with Crippen molar-refractivity contribution < 1.29 is 13.6 Å². The molecule has 2 heterocycles. The second-order valence-corrected chi connectivity index (χ2v) is 6.85. The van der Waals surface area contributed by atoms with Gasteiger partial charge in [0.15, 0.2) is 0 Å². The van der Waals surface area contributed by atoms with Gasteiger partial charge in [0, 0.05) is 20.1 Å². The number of rotatable bonds is 5. The van der Waals surface area contributed by atoms with Crippen LogP contribution >= 0.6 is 0 Å². The molecule has 1 N–H and O–H groups in total. The summed E-state index contributed by atoms with van der Waals surface area (Å²) >= 11 is 0. The van der Waals surface area contributed by atoms with Crippen LogP contribution in [0.2, 0.25) is 0 Å². The molecule has 1 amide bonds. The van der Waals surface area contributed by atoms with Crippen LogP contribution in [0.3, 0.4) is 0 Å². The predicted octanol–water partition coefficient (Wildman–Crippen LogP) is 2.37. The molecule has 0 spiro atoms. The molecule has 2 aromatic rings. The zero-order valence-corrected chi connectivity index (χ0v) is 15.5. The number of aryl methyl sites for hydroxylation is 2. The van der Waals surface area contributed by atoms with Crippen molar-refractivity contribution in [3.63, 3.8) is 0 Å². The summed E-state index contributed by atoms with van der Waals surface area (Å²) in [6.07, 6.45) is 2.97. The number of amides is 1. The minimum Gasteiger partial charge on any atom is -0.298 e. The number of benzene rings is 1. The van der Waals surface area contributed by atoms with E-state index < -0.39 is 5.95 Å². The largest absolute Gasteiger partial charge is 0.298 e. The normalized spacial score (nSPS) is 18.1. The van der Waals surface area contributed by atoms with Gasteiger partial charge >= 0.3 is 0 Å². The summed E-state index contributed by atoms with van der Waals surface area (Å²) < 4.78 is 28.0. The van der Waals surface area contributed by atoms with Gasteiger partial charge in [-0.05, 0) is 44.0 Å². The second kappa shape index (κ2) is 8.39. The quantitative estimate of drug-likeness (QED) is 0.645. The van der Waals surface area contributed by atoms with E-state index in [1.165, 1.54) is 25.4 Å². The Bertz CT molecular complexity index is 831. The lowest BCUT2D eigenvalue weighted by Crippen LogP contribution is -2.41. The van der Waals surface area contributed by atoms with Gasteiger partial charge in [-0.3, -0.25) is 9.69 Å². The van der Waals surface area contributed by atoms with E-state index in [9.17, 15) is 13.6 Å². The molecule has 1 aromatic heterocycles. The highest BCUT2D eigenvalue weighted by atomic mass is 19.1. The van der Waals surface area contributed by atoms with E-state index >= 15 is 0 Å². The molecule has 1 aliphatic rings. The zero-order valence-electron chi connectivity index (χ0n) is 15.5. The van der Waals surface area contributed by atoms with Crippen LogP contribution in [0.4, 0.5) is 8.78 Å². The Kier molecular flexibility index (Phi) is 5.95. The van der Waals surface area contributed by atoms with Crippen LogP contribution in [0.25, 0.3) is 0 Å². The van der Waals surface area contributed by atoms with Gasteiger partial charge in [-0.1, -0.05) is 12.1 Å². The van der Waals surface area contributed by atoms with Gasteiger partial charge in [-0.15, -0.1) is 0 Å². The Labute approximate surface area is 156 Å². The van der Waals surface area contributed by atoms with Gasteiger partial charge in [-0.2, -0.15) is 14.6 Å². The SMILES string of the molecule is Cc1nn(C)c(F)c1/C=N\NC(=O)[C@@H]1CCCN(Cc2ccc(F)cc2)C1. The number of hydrogen-bond donors (Lipinski definition) is 1. The predicted molar refractivity (Wildman–Crippen MR) is 98.0 cm³/mol. The first-order chi connectivity index (χ1) is 12.9. The summed E-state index contributed by atoms with van der Waals surface area (Å²) in [6.45, 7) is 3.86. The molecular weight excluding hydrogens is 352 g/mol. The average Bonchev–Trinajstić information content (AvgIpc) is 2.90. The maximum absolute atomic E-state index is 13.9. The fraction of sp³-hybridized carbons (Fsp3) is 0.421. The van der Waals surface area contributed by atoms with E-state index in [-0.39, 0.29) is 23.2 Å². The van der Waals surface area contributed by atoms with Crippen LogP contribution < -0.4 is 5.43 Å². The number of nitrogens with one attached hydrogen (secondary N) is 1. The third-order valence-electron chi connectivity index (χ3n) is 4.76. The summed E-state index contributed by atoms with van der Waals surface area (Å²) in [4.78, 5) is 14.6. The third-order valence-corrected chi connectivity index (χ3v) is 4.76. The number of carbonyl (C=O) groups excluding carboxylic acids is 1. The van der Waals surface area contributed by atoms with Crippen molar-refractivity contribution in [2.45, 2.75) is 26.3 Å². The molecule has 6 nitrogen and oxygen atoms in total. The fourth-order valence-corrected chi connectivity index (χ4v) is 3.31. The van der Waals surface area contributed by atoms with E-state index in [1.807, 2.05) is 0 Å². The summed E-state index contributed by atoms with van der Waals surface area (Å²) in [5.74, 6) is -1.12. The molecule has 0 aliphatic carbocycles. The van der Waals surface area contributed by atoms with E-state index in [0.29, 0.717) is 18.8 Å². The van der Waals surface area contributed by atoms with Crippen molar-refractivity contribution in [1.82, 2.24) is 20.1 Å². The maximum Gasteiger partial charge on any atom is 0.244 e.